The van der Waals surface area contributed by atoms with Crippen molar-refractivity contribution >= 4 is 0 Å². The van der Waals surface area contributed by atoms with Crippen LogP contribution in [0.2, 0.25) is 0 Å². The average molecular weight is 258 g/mol. The molecule has 0 aliphatic carbocycles. The molecule has 3 rings (SSSR count). The highest BCUT2D eigenvalue weighted by atomic mass is 15.3. The molecule has 0 spiro atoms. The van der Waals surface area contributed by atoms with E-state index in [-0.39, 0.29) is 0 Å². The summed E-state index contributed by atoms with van der Waals surface area (Å²) in [6, 6.07) is 12.5. The molecular weight excluding hydrogens is 232 g/mol. The van der Waals surface area contributed by atoms with Gasteiger partial charge in [0.1, 0.15) is 0 Å². The molecule has 0 bridgehead atoms. The summed E-state index contributed by atoms with van der Waals surface area (Å²) < 4.78 is 0. The molecule has 2 aliphatic rings. The standard InChI is InChI=1S/C17H26N2/c1-2-17(15-8-4-3-5-9-15)19-13-7-12-18-11-6-10-16(18)14-19/h3-5,8-9,16-17H,2,6-7,10-14H2,1H3. The highest BCUT2D eigenvalue weighted by molar-refractivity contribution is 5.19. The van der Waals surface area contributed by atoms with Crippen LogP contribution in [-0.2, 0) is 0 Å². The first kappa shape index (κ1) is 13.1. The predicted molar refractivity (Wildman–Crippen MR) is 80.3 cm³/mol. The smallest absolute Gasteiger partial charge is 0.0346 e. The summed E-state index contributed by atoms with van der Waals surface area (Å²) in [7, 11) is 0. The van der Waals surface area contributed by atoms with E-state index in [2.05, 4.69) is 47.1 Å². The molecule has 2 nitrogen and oxygen atoms in total. The van der Waals surface area contributed by atoms with Crippen LogP contribution < -0.4 is 0 Å². The quantitative estimate of drug-likeness (QED) is 0.820. The molecule has 2 aliphatic heterocycles. The third kappa shape index (κ3) is 2.85. The van der Waals surface area contributed by atoms with Gasteiger partial charge in [0.25, 0.3) is 0 Å². The Kier molecular flexibility index (Phi) is 4.19. The lowest BCUT2D eigenvalue weighted by Gasteiger charge is -2.32. The zero-order chi connectivity index (χ0) is 13.1. The van der Waals surface area contributed by atoms with Crippen LogP contribution in [-0.4, -0.2) is 42.0 Å². The first-order valence-corrected chi connectivity index (χ1v) is 7.91. The third-order valence-electron chi connectivity index (χ3n) is 4.85. The Morgan fingerprint density at radius 3 is 2.68 bits per heavy atom. The van der Waals surface area contributed by atoms with Crippen molar-refractivity contribution in [2.45, 2.75) is 44.7 Å². The number of benzene rings is 1. The van der Waals surface area contributed by atoms with Gasteiger partial charge in [0.15, 0.2) is 0 Å². The lowest BCUT2D eigenvalue weighted by Crippen LogP contribution is -2.38. The number of hydrogen-bond donors (Lipinski definition) is 0. The van der Waals surface area contributed by atoms with Gasteiger partial charge in [0.2, 0.25) is 0 Å². The van der Waals surface area contributed by atoms with Crippen LogP contribution in [0, 0.1) is 0 Å². The van der Waals surface area contributed by atoms with Crippen LogP contribution >= 0.6 is 0 Å². The maximum Gasteiger partial charge on any atom is 0.0346 e. The normalized spacial score (nSPS) is 26.9. The lowest BCUT2D eigenvalue weighted by atomic mass is 10.0. The van der Waals surface area contributed by atoms with Crippen LogP contribution in [0.25, 0.3) is 0 Å². The Balaban J connectivity index is 1.75. The first-order chi connectivity index (χ1) is 9.38. The van der Waals surface area contributed by atoms with Crippen molar-refractivity contribution in [3.63, 3.8) is 0 Å². The van der Waals surface area contributed by atoms with Gasteiger partial charge in [-0.3, -0.25) is 9.80 Å². The van der Waals surface area contributed by atoms with Crippen molar-refractivity contribution in [1.29, 1.82) is 0 Å². The van der Waals surface area contributed by atoms with Crippen molar-refractivity contribution in [1.82, 2.24) is 9.80 Å². The molecule has 2 atom stereocenters. The first-order valence-electron chi connectivity index (χ1n) is 7.91. The van der Waals surface area contributed by atoms with E-state index in [1.54, 1.807) is 0 Å². The van der Waals surface area contributed by atoms with Gasteiger partial charge in [-0.15, -0.1) is 0 Å². The fourth-order valence-electron chi connectivity index (χ4n) is 3.90. The Labute approximate surface area is 117 Å². The Morgan fingerprint density at radius 1 is 1.11 bits per heavy atom. The number of rotatable bonds is 3. The Morgan fingerprint density at radius 2 is 1.89 bits per heavy atom. The van der Waals surface area contributed by atoms with Crippen LogP contribution in [0.15, 0.2) is 30.3 Å². The van der Waals surface area contributed by atoms with Crippen molar-refractivity contribution < 1.29 is 0 Å². The summed E-state index contributed by atoms with van der Waals surface area (Å²) in [5.41, 5.74) is 1.50. The predicted octanol–water partition coefficient (Wildman–Crippen LogP) is 3.31. The second-order valence-electron chi connectivity index (χ2n) is 6.02. The molecule has 1 aromatic rings. The molecule has 0 aromatic heterocycles. The maximum atomic E-state index is 2.74. The van der Waals surface area contributed by atoms with Gasteiger partial charge in [-0.05, 0) is 44.3 Å². The summed E-state index contributed by atoms with van der Waals surface area (Å²) in [6.07, 6.45) is 5.36. The zero-order valence-electron chi connectivity index (χ0n) is 12.1. The summed E-state index contributed by atoms with van der Waals surface area (Å²) in [4.78, 5) is 5.46. The van der Waals surface area contributed by atoms with Crippen LogP contribution in [0.5, 0.6) is 0 Å². The van der Waals surface area contributed by atoms with Gasteiger partial charge in [-0.2, -0.15) is 0 Å². The van der Waals surface area contributed by atoms with Gasteiger partial charge in [-0.25, -0.2) is 0 Å². The van der Waals surface area contributed by atoms with Crippen molar-refractivity contribution in [3.05, 3.63) is 35.9 Å². The van der Waals surface area contributed by atoms with E-state index in [0.29, 0.717) is 6.04 Å². The van der Waals surface area contributed by atoms with Gasteiger partial charge < -0.3 is 0 Å². The van der Waals surface area contributed by atoms with Crippen LogP contribution in [0.3, 0.4) is 0 Å². The highest BCUT2D eigenvalue weighted by Crippen LogP contribution is 2.29. The van der Waals surface area contributed by atoms with E-state index in [9.17, 15) is 0 Å². The molecule has 0 saturated carbocycles. The third-order valence-corrected chi connectivity index (χ3v) is 4.85. The van der Waals surface area contributed by atoms with Crippen molar-refractivity contribution in [3.8, 4) is 0 Å². The molecule has 1 aromatic carbocycles. The molecular formula is C17H26N2. The van der Waals surface area contributed by atoms with E-state index in [4.69, 9.17) is 0 Å². The molecule has 19 heavy (non-hydrogen) atoms. The van der Waals surface area contributed by atoms with Crippen LogP contribution in [0.4, 0.5) is 0 Å². The van der Waals surface area contributed by atoms with E-state index < -0.39 is 0 Å². The average Bonchev–Trinajstić information content (AvgIpc) is 2.79. The van der Waals surface area contributed by atoms with Crippen molar-refractivity contribution in [2.24, 2.45) is 0 Å². The maximum absolute atomic E-state index is 2.74. The minimum Gasteiger partial charge on any atom is -0.299 e. The minimum atomic E-state index is 0.613. The van der Waals surface area contributed by atoms with Gasteiger partial charge >= 0.3 is 0 Å². The molecule has 2 heteroatoms. The molecule has 0 radical (unpaired) electrons. The van der Waals surface area contributed by atoms with Crippen molar-refractivity contribution in [2.75, 3.05) is 26.2 Å². The number of fused-ring (bicyclic) bond motifs is 1. The van der Waals surface area contributed by atoms with Gasteiger partial charge in [-0.1, -0.05) is 37.3 Å². The highest BCUT2D eigenvalue weighted by Gasteiger charge is 2.31. The summed E-state index contributed by atoms with van der Waals surface area (Å²) in [5, 5.41) is 0. The van der Waals surface area contributed by atoms with Gasteiger partial charge in [0, 0.05) is 25.2 Å². The second-order valence-corrected chi connectivity index (χ2v) is 6.02. The molecule has 2 saturated heterocycles. The SMILES string of the molecule is CCC(c1ccccc1)N1CCCN2CCCC2C1. The Bertz CT molecular complexity index is 390. The van der Waals surface area contributed by atoms with Crippen LogP contribution in [0.1, 0.15) is 44.2 Å². The summed E-state index contributed by atoms with van der Waals surface area (Å²) >= 11 is 0. The molecule has 2 heterocycles. The van der Waals surface area contributed by atoms with E-state index >= 15 is 0 Å². The van der Waals surface area contributed by atoms with E-state index in [1.165, 1.54) is 57.4 Å². The minimum absolute atomic E-state index is 0.613. The molecule has 104 valence electrons. The molecule has 0 N–H and O–H groups in total. The fraction of sp³-hybridized carbons (Fsp3) is 0.647. The number of nitrogens with zero attached hydrogens (tertiary/aromatic N) is 2. The second kappa shape index (κ2) is 6.06. The summed E-state index contributed by atoms with van der Waals surface area (Å²) in [6.45, 7) is 7.51. The number of hydrogen-bond acceptors (Lipinski definition) is 2. The fourth-order valence-corrected chi connectivity index (χ4v) is 3.90. The largest absolute Gasteiger partial charge is 0.299 e. The van der Waals surface area contributed by atoms with E-state index in [0.717, 1.165) is 6.04 Å². The monoisotopic (exact) mass is 258 g/mol. The summed E-state index contributed by atoms with van der Waals surface area (Å²) in [5.74, 6) is 0. The van der Waals surface area contributed by atoms with Gasteiger partial charge in [0.05, 0.1) is 0 Å². The molecule has 0 amide bonds. The molecule has 2 fully saturated rings. The molecule has 2 unspecified atom stereocenters. The Hall–Kier alpha value is -0.860. The van der Waals surface area contributed by atoms with E-state index in [1.807, 2.05) is 0 Å². The lowest BCUT2D eigenvalue weighted by molar-refractivity contribution is 0.169. The topological polar surface area (TPSA) is 6.48 Å². The zero-order valence-corrected chi connectivity index (χ0v) is 12.1.